The predicted octanol–water partition coefficient (Wildman–Crippen LogP) is 3.07. The van der Waals surface area contributed by atoms with Crippen LogP contribution in [0, 0.1) is 5.92 Å². The van der Waals surface area contributed by atoms with Gasteiger partial charge in [-0.2, -0.15) is 0 Å². The number of nitrogens with one attached hydrogen (secondary N) is 1. The van der Waals surface area contributed by atoms with E-state index in [9.17, 15) is 14.4 Å². The summed E-state index contributed by atoms with van der Waals surface area (Å²) >= 11 is 0. The first-order chi connectivity index (χ1) is 13.6. The van der Waals surface area contributed by atoms with E-state index < -0.39 is 35.4 Å². The first kappa shape index (κ1) is 22.1. The van der Waals surface area contributed by atoms with E-state index in [1.54, 1.807) is 57.2 Å². The molecule has 29 heavy (non-hydrogen) atoms. The van der Waals surface area contributed by atoms with E-state index in [-0.39, 0.29) is 0 Å². The molecule has 0 radical (unpaired) electrons. The highest BCUT2D eigenvalue weighted by molar-refractivity contribution is 6.05. The molecule has 2 aromatic rings. The third-order valence-corrected chi connectivity index (χ3v) is 4.06. The molecule has 3 N–H and O–H groups in total. The lowest BCUT2D eigenvalue weighted by Gasteiger charge is -2.27. The van der Waals surface area contributed by atoms with Gasteiger partial charge < -0.3 is 20.5 Å². The normalized spacial score (nSPS) is 13.1. The van der Waals surface area contributed by atoms with Crippen LogP contribution in [0.1, 0.15) is 42.7 Å². The number of rotatable bonds is 6. The number of carbonyl (C=O) groups excluding carboxylic acids is 3. The number of benzene rings is 2. The second-order valence-electron chi connectivity index (χ2n) is 7.51. The smallest absolute Gasteiger partial charge is 0.337 e. The number of carbonyl (C=O) groups is 3. The number of amides is 1. The van der Waals surface area contributed by atoms with Crippen molar-refractivity contribution in [3.63, 3.8) is 0 Å². The molecule has 0 aliphatic carbocycles. The van der Waals surface area contributed by atoms with Gasteiger partial charge in [0.05, 0.1) is 18.7 Å². The highest BCUT2D eigenvalue weighted by Crippen LogP contribution is 2.25. The van der Waals surface area contributed by atoms with E-state index in [0.29, 0.717) is 16.8 Å². The molecule has 1 amide bonds. The van der Waals surface area contributed by atoms with Crippen LogP contribution in [-0.4, -0.2) is 30.6 Å². The molecule has 0 aliphatic rings. The van der Waals surface area contributed by atoms with Crippen LogP contribution >= 0.6 is 0 Å². The summed E-state index contributed by atoms with van der Waals surface area (Å²) in [5.41, 5.74) is 6.90. The fourth-order valence-corrected chi connectivity index (χ4v) is 2.68. The molecule has 7 heteroatoms. The van der Waals surface area contributed by atoms with Crippen molar-refractivity contribution in [2.45, 2.75) is 32.4 Å². The van der Waals surface area contributed by atoms with E-state index in [2.05, 4.69) is 10.1 Å². The van der Waals surface area contributed by atoms with E-state index in [1.807, 2.05) is 6.07 Å². The number of methoxy groups -OCH3 is 1. The molecule has 0 fully saturated rings. The molecule has 0 bridgehead atoms. The number of anilines is 1. The van der Waals surface area contributed by atoms with Crippen molar-refractivity contribution in [2.24, 2.45) is 11.7 Å². The van der Waals surface area contributed by atoms with Gasteiger partial charge in [0.2, 0.25) is 5.91 Å². The minimum absolute atomic E-state index is 0.343. The molecular weight excluding hydrogens is 372 g/mol. The zero-order valence-electron chi connectivity index (χ0n) is 17.0. The summed E-state index contributed by atoms with van der Waals surface area (Å²) in [7, 11) is 1.29. The van der Waals surface area contributed by atoms with Crippen LogP contribution in [0.5, 0.6) is 0 Å². The van der Waals surface area contributed by atoms with Crippen LogP contribution in [0.15, 0.2) is 54.6 Å². The second-order valence-corrected chi connectivity index (χ2v) is 7.51. The van der Waals surface area contributed by atoms with Gasteiger partial charge in [-0.15, -0.1) is 0 Å². The lowest BCUT2D eigenvalue weighted by molar-refractivity contribution is -0.162. The SMILES string of the molecule is COC(=O)c1ccc(NC(=O)[C@@H](C(=O)OC(C)(C)C)[C@H](N)c2ccccc2)cc1. The fraction of sp³-hybridized carbons (Fsp3) is 0.318. The van der Waals surface area contributed by atoms with Gasteiger partial charge in [-0.25, -0.2) is 4.79 Å². The van der Waals surface area contributed by atoms with Crippen LogP contribution in [0.3, 0.4) is 0 Å². The Kier molecular flexibility index (Phi) is 7.12. The molecule has 0 saturated carbocycles. The molecule has 0 aromatic heterocycles. The van der Waals surface area contributed by atoms with Crippen LogP contribution in [-0.2, 0) is 19.1 Å². The van der Waals surface area contributed by atoms with Crippen molar-refractivity contribution in [3.8, 4) is 0 Å². The third kappa shape index (κ3) is 6.15. The molecule has 0 spiro atoms. The van der Waals surface area contributed by atoms with Gasteiger partial charge in [-0.05, 0) is 50.6 Å². The minimum Gasteiger partial charge on any atom is -0.465 e. The number of hydrogen-bond acceptors (Lipinski definition) is 6. The molecule has 154 valence electrons. The van der Waals surface area contributed by atoms with Crippen molar-refractivity contribution < 1.29 is 23.9 Å². The first-order valence-corrected chi connectivity index (χ1v) is 9.15. The van der Waals surface area contributed by atoms with E-state index >= 15 is 0 Å². The monoisotopic (exact) mass is 398 g/mol. The topological polar surface area (TPSA) is 108 Å². The van der Waals surface area contributed by atoms with Gasteiger partial charge in [0.1, 0.15) is 5.60 Å². The van der Waals surface area contributed by atoms with Crippen molar-refractivity contribution in [1.82, 2.24) is 0 Å². The summed E-state index contributed by atoms with van der Waals surface area (Å²) in [6.45, 7) is 5.17. The largest absolute Gasteiger partial charge is 0.465 e. The Morgan fingerprint density at radius 3 is 2.07 bits per heavy atom. The van der Waals surface area contributed by atoms with Crippen LogP contribution in [0.25, 0.3) is 0 Å². The quantitative estimate of drug-likeness (QED) is 0.572. The second kappa shape index (κ2) is 9.34. The van der Waals surface area contributed by atoms with E-state index in [0.717, 1.165) is 0 Å². The zero-order valence-corrected chi connectivity index (χ0v) is 17.0. The lowest BCUT2D eigenvalue weighted by Crippen LogP contribution is -2.41. The maximum atomic E-state index is 12.9. The molecular formula is C22H26N2O5. The predicted molar refractivity (Wildman–Crippen MR) is 109 cm³/mol. The summed E-state index contributed by atoms with van der Waals surface area (Å²) < 4.78 is 10.1. The maximum Gasteiger partial charge on any atom is 0.337 e. The minimum atomic E-state index is -1.25. The molecule has 0 aliphatic heterocycles. The molecule has 0 unspecified atom stereocenters. The number of hydrogen-bond donors (Lipinski definition) is 2. The fourth-order valence-electron chi connectivity index (χ4n) is 2.68. The average Bonchev–Trinajstić information content (AvgIpc) is 2.67. The summed E-state index contributed by atoms with van der Waals surface area (Å²) in [6.07, 6.45) is 0. The Bertz CT molecular complexity index is 857. The van der Waals surface area contributed by atoms with E-state index in [1.165, 1.54) is 19.2 Å². The van der Waals surface area contributed by atoms with Crippen molar-refractivity contribution >= 4 is 23.5 Å². The van der Waals surface area contributed by atoms with Crippen molar-refractivity contribution in [1.29, 1.82) is 0 Å². The molecule has 2 atom stereocenters. The number of esters is 2. The van der Waals surface area contributed by atoms with Gasteiger partial charge in [-0.1, -0.05) is 30.3 Å². The Hall–Kier alpha value is -3.19. The van der Waals surface area contributed by atoms with Gasteiger partial charge in [0, 0.05) is 5.69 Å². The first-order valence-electron chi connectivity index (χ1n) is 9.15. The van der Waals surface area contributed by atoms with Gasteiger partial charge in [-0.3, -0.25) is 9.59 Å². The molecule has 2 rings (SSSR count). The Balaban J connectivity index is 2.26. The third-order valence-electron chi connectivity index (χ3n) is 4.06. The molecule has 7 nitrogen and oxygen atoms in total. The maximum absolute atomic E-state index is 12.9. The standard InChI is InChI=1S/C22H26N2O5/c1-22(2,3)29-21(27)17(18(23)14-8-6-5-7-9-14)19(25)24-16-12-10-15(11-13-16)20(26)28-4/h5-13,17-18H,23H2,1-4H3,(H,24,25)/t17-,18+/m0/s1. The van der Waals surface area contributed by atoms with Crippen molar-refractivity contribution in [2.75, 3.05) is 12.4 Å². The van der Waals surface area contributed by atoms with Gasteiger partial charge in [0.15, 0.2) is 5.92 Å². The molecule has 0 saturated heterocycles. The number of nitrogens with two attached hydrogens (primary N) is 1. The summed E-state index contributed by atoms with van der Waals surface area (Å²) in [6, 6.07) is 14.1. The van der Waals surface area contributed by atoms with Crippen LogP contribution in [0.4, 0.5) is 5.69 Å². The molecule has 2 aromatic carbocycles. The molecule has 0 heterocycles. The Morgan fingerprint density at radius 2 is 1.55 bits per heavy atom. The van der Waals surface area contributed by atoms with Crippen LogP contribution in [0.2, 0.25) is 0 Å². The van der Waals surface area contributed by atoms with E-state index in [4.69, 9.17) is 10.5 Å². The average molecular weight is 398 g/mol. The summed E-state index contributed by atoms with van der Waals surface area (Å²) in [5, 5.41) is 2.67. The lowest BCUT2D eigenvalue weighted by atomic mass is 9.92. The summed E-state index contributed by atoms with van der Waals surface area (Å²) in [5.74, 6) is -3.04. The zero-order chi connectivity index (χ0) is 21.6. The van der Waals surface area contributed by atoms with Gasteiger partial charge in [0.25, 0.3) is 0 Å². The van der Waals surface area contributed by atoms with Crippen LogP contribution < -0.4 is 11.1 Å². The highest BCUT2D eigenvalue weighted by Gasteiger charge is 2.37. The summed E-state index contributed by atoms with van der Waals surface area (Å²) in [4.78, 5) is 37.2. The highest BCUT2D eigenvalue weighted by atomic mass is 16.6. The Morgan fingerprint density at radius 1 is 0.966 bits per heavy atom. The number of ether oxygens (including phenoxy) is 2. The van der Waals surface area contributed by atoms with Crippen molar-refractivity contribution in [3.05, 3.63) is 65.7 Å². The Labute approximate surface area is 170 Å². The van der Waals surface area contributed by atoms with Gasteiger partial charge >= 0.3 is 11.9 Å².